The van der Waals surface area contributed by atoms with Gasteiger partial charge < -0.3 is 10.1 Å². The van der Waals surface area contributed by atoms with Crippen LogP contribution in [0.2, 0.25) is 0 Å². The molecule has 0 aliphatic heterocycles. The molecule has 0 saturated heterocycles. The number of carbonyl (C=O) groups excluding carboxylic acids is 1. The summed E-state index contributed by atoms with van der Waals surface area (Å²) in [6, 6.07) is 6.60. The number of nitrogens with one attached hydrogen (secondary N) is 1. The molecular weight excluding hydrogens is 248 g/mol. The second-order valence-electron chi connectivity index (χ2n) is 2.88. The Morgan fingerprint density at radius 2 is 2.18 bits per heavy atom. The fourth-order valence-electron chi connectivity index (χ4n) is 1.05. The van der Waals surface area contributed by atoms with E-state index in [0.29, 0.717) is 22.3 Å². The van der Waals surface area contributed by atoms with Crippen LogP contribution in [-0.2, 0) is 9.53 Å². The molecular formula is C11H11F2NO2S. The molecule has 0 fully saturated rings. The van der Waals surface area contributed by atoms with Gasteiger partial charge in [-0.2, -0.15) is 8.78 Å². The smallest absolute Gasteiger partial charge is 0.331 e. The van der Waals surface area contributed by atoms with E-state index in [1.54, 1.807) is 24.3 Å². The van der Waals surface area contributed by atoms with Gasteiger partial charge in [-0.15, -0.1) is 0 Å². The molecule has 17 heavy (non-hydrogen) atoms. The third kappa shape index (κ3) is 4.86. The van der Waals surface area contributed by atoms with Gasteiger partial charge in [0.1, 0.15) is 0 Å². The maximum atomic E-state index is 12.2. The summed E-state index contributed by atoms with van der Waals surface area (Å²) in [5.74, 6) is -3.00. The molecule has 92 valence electrons. The highest BCUT2D eigenvalue weighted by Crippen LogP contribution is 2.31. The molecule has 1 N–H and O–H groups in total. The molecule has 1 aromatic rings. The molecule has 0 amide bonds. The summed E-state index contributed by atoms with van der Waals surface area (Å²) in [5, 5.41) is 2.75. The van der Waals surface area contributed by atoms with Crippen LogP contribution >= 0.6 is 11.8 Å². The van der Waals surface area contributed by atoms with E-state index in [1.807, 2.05) is 0 Å². The van der Waals surface area contributed by atoms with Crippen molar-refractivity contribution in [2.75, 3.05) is 12.4 Å². The standard InChI is InChI=1S/C11H11F2NO2S/c1-16-10(15)6-7-14-8-4-2-3-5-9(8)17-11(12)13/h2-7,11,14H,1H3/b7-6+. The second kappa shape index (κ2) is 6.90. The molecule has 0 heterocycles. The summed E-state index contributed by atoms with van der Waals surface area (Å²) in [5.41, 5.74) is 0.512. The zero-order valence-corrected chi connectivity index (χ0v) is 9.84. The summed E-state index contributed by atoms with van der Waals surface area (Å²) in [6.07, 6.45) is 2.51. The van der Waals surface area contributed by atoms with Gasteiger partial charge in [-0.05, 0) is 12.1 Å². The molecule has 0 aliphatic carbocycles. The van der Waals surface area contributed by atoms with E-state index >= 15 is 0 Å². The predicted octanol–water partition coefficient (Wildman–Crippen LogP) is 3.10. The number of benzene rings is 1. The maximum absolute atomic E-state index is 12.2. The minimum Gasteiger partial charge on any atom is -0.466 e. The highest BCUT2D eigenvalue weighted by atomic mass is 32.2. The van der Waals surface area contributed by atoms with Crippen molar-refractivity contribution in [3.8, 4) is 0 Å². The van der Waals surface area contributed by atoms with Crippen LogP contribution in [0.4, 0.5) is 14.5 Å². The first-order chi connectivity index (χ1) is 8.13. The van der Waals surface area contributed by atoms with Gasteiger partial charge in [0, 0.05) is 17.2 Å². The van der Waals surface area contributed by atoms with E-state index in [1.165, 1.54) is 19.4 Å². The largest absolute Gasteiger partial charge is 0.466 e. The average molecular weight is 259 g/mol. The van der Waals surface area contributed by atoms with E-state index in [0.717, 1.165) is 0 Å². The maximum Gasteiger partial charge on any atom is 0.331 e. The van der Waals surface area contributed by atoms with E-state index in [-0.39, 0.29) is 0 Å². The molecule has 1 aromatic carbocycles. The van der Waals surface area contributed by atoms with Crippen molar-refractivity contribution in [3.05, 3.63) is 36.5 Å². The Hall–Kier alpha value is -1.56. The lowest BCUT2D eigenvalue weighted by Gasteiger charge is -2.07. The number of hydrogen-bond acceptors (Lipinski definition) is 4. The fourth-order valence-corrected chi connectivity index (χ4v) is 1.66. The van der Waals surface area contributed by atoms with E-state index in [2.05, 4.69) is 10.1 Å². The fraction of sp³-hybridized carbons (Fsp3) is 0.182. The average Bonchev–Trinajstić information content (AvgIpc) is 2.30. The van der Waals surface area contributed by atoms with Crippen molar-refractivity contribution in [2.24, 2.45) is 0 Å². The van der Waals surface area contributed by atoms with Crippen LogP contribution in [0.3, 0.4) is 0 Å². The van der Waals surface area contributed by atoms with E-state index < -0.39 is 11.7 Å². The summed E-state index contributed by atoms with van der Waals surface area (Å²) in [4.78, 5) is 11.2. The Labute approximate surface area is 102 Å². The van der Waals surface area contributed by atoms with Gasteiger partial charge in [0.15, 0.2) is 0 Å². The Kier molecular flexibility index (Phi) is 5.48. The number of hydrogen-bond donors (Lipinski definition) is 1. The summed E-state index contributed by atoms with van der Waals surface area (Å²) < 4.78 is 28.9. The number of carbonyl (C=O) groups is 1. The third-order valence-electron chi connectivity index (χ3n) is 1.76. The number of alkyl halides is 2. The Balaban J connectivity index is 2.70. The third-order valence-corrected chi connectivity index (χ3v) is 2.55. The first-order valence-corrected chi connectivity index (χ1v) is 5.56. The van der Waals surface area contributed by atoms with Crippen molar-refractivity contribution in [3.63, 3.8) is 0 Å². The molecule has 0 radical (unpaired) electrons. The van der Waals surface area contributed by atoms with Crippen LogP contribution in [0.5, 0.6) is 0 Å². The second-order valence-corrected chi connectivity index (χ2v) is 3.91. The van der Waals surface area contributed by atoms with Gasteiger partial charge in [0.2, 0.25) is 0 Å². The van der Waals surface area contributed by atoms with Gasteiger partial charge in [0.25, 0.3) is 5.76 Å². The monoisotopic (exact) mass is 259 g/mol. The van der Waals surface area contributed by atoms with Crippen LogP contribution in [0.1, 0.15) is 0 Å². The summed E-state index contributed by atoms with van der Waals surface area (Å²) in [6.45, 7) is 0. The van der Waals surface area contributed by atoms with Crippen LogP contribution in [0.25, 0.3) is 0 Å². The molecule has 0 bridgehead atoms. The lowest BCUT2D eigenvalue weighted by molar-refractivity contribution is -0.134. The summed E-state index contributed by atoms with van der Waals surface area (Å²) >= 11 is 0.444. The van der Waals surface area contributed by atoms with Crippen LogP contribution in [0.15, 0.2) is 41.4 Å². The predicted molar refractivity (Wildman–Crippen MR) is 63.1 cm³/mol. The molecule has 0 saturated carbocycles. The van der Waals surface area contributed by atoms with Gasteiger partial charge in [-0.3, -0.25) is 0 Å². The van der Waals surface area contributed by atoms with Crippen LogP contribution < -0.4 is 5.32 Å². The minimum absolute atomic E-state index is 0.414. The van der Waals surface area contributed by atoms with Crippen LogP contribution in [0, 0.1) is 0 Å². The van der Waals surface area contributed by atoms with Gasteiger partial charge in [-0.1, -0.05) is 23.9 Å². The minimum atomic E-state index is -2.48. The number of rotatable bonds is 5. The van der Waals surface area contributed by atoms with Gasteiger partial charge in [-0.25, -0.2) is 4.79 Å². The van der Waals surface area contributed by atoms with Gasteiger partial charge in [0.05, 0.1) is 12.8 Å². The Morgan fingerprint density at radius 3 is 2.82 bits per heavy atom. The topological polar surface area (TPSA) is 38.3 Å². The Morgan fingerprint density at radius 1 is 1.47 bits per heavy atom. The van der Waals surface area contributed by atoms with E-state index in [4.69, 9.17) is 0 Å². The molecule has 0 atom stereocenters. The number of halogens is 2. The molecule has 0 unspecified atom stereocenters. The SMILES string of the molecule is COC(=O)/C=C/Nc1ccccc1SC(F)F. The normalized spacial score (nSPS) is 10.8. The van der Waals surface area contributed by atoms with Crippen molar-refractivity contribution in [1.82, 2.24) is 0 Å². The number of thioether (sulfide) groups is 1. The van der Waals surface area contributed by atoms with Gasteiger partial charge >= 0.3 is 5.97 Å². The quantitative estimate of drug-likeness (QED) is 0.501. The van der Waals surface area contributed by atoms with Crippen molar-refractivity contribution in [2.45, 2.75) is 10.7 Å². The molecule has 0 spiro atoms. The molecule has 0 aliphatic rings. The number of anilines is 1. The molecule has 3 nitrogen and oxygen atoms in total. The van der Waals surface area contributed by atoms with Crippen molar-refractivity contribution >= 4 is 23.4 Å². The van der Waals surface area contributed by atoms with Crippen molar-refractivity contribution in [1.29, 1.82) is 0 Å². The number of ether oxygens (including phenoxy) is 1. The van der Waals surface area contributed by atoms with Crippen molar-refractivity contribution < 1.29 is 18.3 Å². The highest BCUT2D eigenvalue weighted by Gasteiger charge is 2.08. The Bertz CT molecular complexity index is 410. The first-order valence-electron chi connectivity index (χ1n) is 4.68. The van der Waals surface area contributed by atoms with E-state index in [9.17, 15) is 13.6 Å². The zero-order chi connectivity index (χ0) is 12.7. The summed E-state index contributed by atoms with van der Waals surface area (Å²) in [7, 11) is 1.26. The number of esters is 1. The lowest BCUT2D eigenvalue weighted by atomic mass is 10.3. The molecule has 1 rings (SSSR count). The number of methoxy groups -OCH3 is 1. The first kappa shape index (κ1) is 13.5. The highest BCUT2D eigenvalue weighted by molar-refractivity contribution is 7.99. The molecule has 6 heteroatoms. The molecule has 0 aromatic heterocycles. The number of para-hydroxylation sites is 1. The van der Waals surface area contributed by atoms with Crippen LogP contribution in [-0.4, -0.2) is 18.8 Å². The lowest BCUT2D eigenvalue weighted by Crippen LogP contribution is -1.97. The zero-order valence-electron chi connectivity index (χ0n) is 9.02.